The molecule has 1 saturated heterocycles. The lowest BCUT2D eigenvalue weighted by Gasteiger charge is -2.16. The molecule has 2 atom stereocenters. The number of benzene rings is 2. The van der Waals surface area contributed by atoms with Crippen LogP contribution in [-0.2, 0) is 6.54 Å². The summed E-state index contributed by atoms with van der Waals surface area (Å²) in [5.74, 6) is 1.05. The van der Waals surface area contributed by atoms with Crippen molar-refractivity contribution in [1.82, 2.24) is 9.88 Å². The molecule has 5 heteroatoms. The van der Waals surface area contributed by atoms with E-state index in [-0.39, 0.29) is 24.8 Å². The number of likely N-dealkylation sites (tertiary alicyclic amines) is 1. The fraction of sp³-hybridized carbons (Fsp3) is 0.286. The van der Waals surface area contributed by atoms with Gasteiger partial charge in [-0.05, 0) is 30.2 Å². The van der Waals surface area contributed by atoms with Crippen LogP contribution in [0.1, 0.15) is 17.2 Å². The molecule has 1 fully saturated rings. The lowest BCUT2D eigenvalue weighted by atomic mass is 9.89. The molecule has 4 rings (SSSR count). The molecule has 0 amide bonds. The first-order chi connectivity index (χ1) is 11.8. The van der Waals surface area contributed by atoms with E-state index in [1.165, 1.54) is 10.9 Å². The van der Waals surface area contributed by atoms with Gasteiger partial charge in [-0.25, -0.2) is 0 Å². The van der Waals surface area contributed by atoms with E-state index in [2.05, 4.69) is 65.6 Å². The average Bonchev–Trinajstić information content (AvgIpc) is 3.05. The smallest absolute Gasteiger partial charge is 0.0705 e. The SMILES string of the molecule is Cl.Cl.NC[C@@H]1CN(Cc2ccc3ccccc3n2)C[C@H]1c1ccccc1. The van der Waals surface area contributed by atoms with Crippen molar-refractivity contribution < 1.29 is 0 Å². The molecule has 0 saturated carbocycles. The van der Waals surface area contributed by atoms with E-state index in [0.29, 0.717) is 11.8 Å². The molecule has 0 bridgehead atoms. The Hall–Kier alpha value is -1.65. The molecule has 2 aromatic carbocycles. The maximum atomic E-state index is 6.05. The minimum absolute atomic E-state index is 0. The summed E-state index contributed by atoms with van der Waals surface area (Å²) in [6.45, 7) is 3.73. The maximum absolute atomic E-state index is 6.05. The van der Waals surface area contributed by atoms with Gasteiger partial charge in [0.2, 0.25) is 0 Å². The summed E-state index contributed by atoms with van der Waals surface area (Å²) in [6, 6.07) is 23.4. The Morgan fingerprint density at radius 3 is 2.38 bits per heavy atom. The second-order valence-electron chi connectivity index (χ2n) is 6.70. The molecule has 138 valence electrons. The second-order valence-corrected chi connectivity index (χ2v) is 6.70. The largest absolute Gasteiger partial charge is 0.330 e. The molecule has 3 nitrogen and oxygen atoms in total. The molecule has 2 heterocycles. The number of para-hydroxylation sites is 1. The summed E-state index contributed by atoms with van der Waals surface area (Å²) in [6.07, 6.45) is 0. The molecule has 1 aliphatic heterocycles. The van der Waals surface area contributed by atoms with Crippen LogP contribution in [0.15, 0.2) is 66.7 Å². The summed E-state index contributed by atoms with van der Waals surface area (Å²) < 4.78 is 0. The Morgan fingerprint density at radius 2 is 1.62 bits per heavy atom. The van der Waals surface area contributed by atoms with E-state index in [4.69, 9.17) is 10.7 Å². The molecule has 0 unspecified atom stereocenters. The van der Waals surface area contributed by atoms with Crippen LogP contribution in [0.2, 0.25) is 0 Å². The van der Waals surface area contributed by atoms with Gasteiger partial charge in [-0.2, -0.15) is 0 Å². The average molecular weight is 390 g/mol. The highest BCUT2D eigenvalue weighted by Gasteiger charge is 2.32. The van der Waals surface area contributed by atoms with Crippen LogP contribution < -0.4 is 5.73 Å². The summed E-state index contributed by atoms with van der Waals surface area (Å²) >= 11 is 0. The van der Waals surface area contributed by atoms with Gasteiger partial charge >= 0.3 is 0 Å². The molecule has 26 heavy (non-hydrogen) atoms. The van der Waals surface area contributed by atoms with Crippen LogP contribution in [-0.4, -0.2) is 29.5 Å². The van der Waals surface area contributed by atoms with Crippen LogP contribution in [0.3, 0.4) is 0 Å². The lowest BCUT2D eigenvalue weighted by Crippen LogP contribution is -2.23. The molecule has 1 aliphatic rings. The molecule has 0 spiro atoms. The van der Waals surface area contributed by atoms with Crippen molar-refractivity contribution >= 4 is 35.7 Å². The zero-order chi connectivity index (χ0) is 16.4. The van der Waals surface area contributed by atoms with E-state index >= 15 is 0 Å². The van der Waals surface area contributed by atoms with Gasteiger partial charge in [0.05, 0.1) is 11.2 Å². The number of nitrogens with zero attached hydrogens (tertiary/aromatic N) is 2. The third-order valence-corrected chi connectivity index (χ3v) is 5.09. The fourth-order valence-electron chi connectivity index (χ4n) is 3.83. The number of hydrogen-bond acceptors (Lipinski definition) is 3. The number of hydrogen-bond donors (Lipinski definition) is 1. The van der Waals surface area contributed by atoms with Gasteiger partial charge in [0.15, 0.2) is 0 Å². The number of aromatic nitrogens is 1. The second kappa shape index (κ2) is 9.33. The van der Waals surface area contributed by atoms with E-state index in [0.717, 1.165) is 37.4 Å². The van der Waals surface area contributed by atoms with Crippen molar-refractivity contribution in [2.45, 2.75) is 12.5 Å². The van der Waals surface area contributed by atoms with Crippen LogP contribution in [0.5, 0.6) is 0 Å². The zero-order valence-electron chi connectivity index (χ0n) is 14.6. The first-order valence-corrected chi connectivity index (χ1v) is 8.65. The highest BCUT2D eigenvalue weighted by Crippen LogP contribution is 2.32. The first-order valence-electron chi connectivity index (χ1n) is 8.65. The van der Waals surface area contributed by atoms with Crippen molar-refractivity contribution in [2.24, 2.45) is 11.7 Å². The summed E-state index contributed by atoms with van der Waals surface area (Å²) in [5, 5.41) is 1.20. The fourth-order valence-corrected chi connectivity index (χ4v) is 3.83. The van der Waals surface area contributed by atoms with E-state index in [9.17, 15) is 0 Å². The quantitative estimate of drug-likeness (QED) is 0.724. The van der Waals surface area contributed by atoms with Crippen molar-refractivity contribution in [1.29, 1.82) is 0 Å². The predicted octanol–water partition coefficient (Wildman–Crippen LogP) is 4.25. The molecule has 3 aromatic rings. The van der Waals surface area contributed by atoms with E-state index < -0.39 is 0 Å². The first kappa shape index (κ1) is 20.7. The Kier molecular flexibility index (Phi) is 7.42. The van der Waals surface area contributed by atoms with Crippen LogP contribution in [0.4, 0.5) is 0 Å². The van der Waals surface area contributed by atoms with E-state index in [1.54, 1.807) is 0 Å². The maximum Gasteiger partial charge on any atom is 0.0705 e. The van der Waals surface area contributed by atoms with Gasteiger partial charge in [-0.15, -0.1) is 24.8 Å². The topological polar surface area (TPSA) is 42.1 Å². The Labute approximate surface area is 167 Å². The molecule has 0 radical (unpaired) electrons. The summed E-state index contributed by atoms with van der Waals surface area (Å²) in [5.41, 5.74) is 9.66. The third-order valence-electron chi connectivity index (χ3n) is 5.09. The molecule has 2 N–H and O–H groups in total. The molecule has 1 aromatic heterocycles. The van der Waals surface area contributed by atoms with Gasteiger partial charge < -0.3 is 5.73 Å². The van der Waals surface area contributed by atoms with Crippen LogP contribution >= 0.6 is 24.8 Å². The zero-order valence-corrected chi connectivity index (χ0v) is 16.3. The van der Waals surface area contributed by atoms with Gasteiger partial charge in [-0.1, -0.05) is 54.6 Å². The van der Waals surface area contributed by atoms with Gasteiger partial charge in [0, 0.05) is 30.9 Å². The predicted molar refractivity (Wildman–Crippen MR) is 113 cm³/mol. The Bertz CT molecular complexity index is 826. The van der Waals surface area contributed by atoms with Crippen molar-refractivity contribution in [3.05, 3.63) is 78.0 Å². The Balaban J connectivity index is 0.00000121. The van der Waals surface area contributed by atoms with Crippen LogP contribution in [0.25, 0.3) is 10.9 Å². The number of fused-ring (bicyclic) bond motifs is 1. The van der Waals surface area contributed by atoms with Crippen LogP contribution in [0, 0.1) is 5.92 Å². The molecule has 0 aliphatic carbocycles. The normalized spacial score (nSPS) is 19.7. The number of pyridine rings is 1. The minimum Gasteiger partial charge on any atom is -0.330 e. The van der Waals surface area contributed by atoms with Gasteiger partial charge in [-0.3, -0.25) is 9.88 Å². The lowest BCUT2D eigenvalue weighted by molar-refractivity contribution is 0.313. The third kappa shape index (κ3) is 4.36. The highest BCUT2D eigenvalue weighted by molar-refractivity contribution is 5.85. The molecular weight excluding hydrogens is 365 g/mol. The summed E-state index contributed by atoms with van der Waals surface area (Å²) in [4.78, 5) is 7.31. The number of halogens is 2. The van der Waals surface area contributed by atoms with E-state index in [1.807, 2.05) is 6.07 Å². The standard InChI is InChI=1S/C21H23N3.2ClH/c22-12-18-13-24(15-20(18)16-6-2-1-3-7-16)14-19-11-10-17-8-4-5-9-21(17)23-19;;/h1-11,18,20H,12-15,22H2;2*1H/t18-,20+;;/m1../s1. The van der Waals surface area contributed by atoms with Gasteiger partial charge in [0.25, 0.3) is 0 Å². The molecular formula is C21H25Cl2N3. The van der Waals surface area contributed by atoms with Gasteiger partial charge in [0.1, 0.15) is 0 Å². The van der Waals surface area contributed by atoms with Crippen molar-refractivity contribution in [3.63, 3.8) is 0 Å². The number of rotatable bonds is 4. The Morgan fingerprint density at radius 1 is 0.885 bits per heavy atom. The minimum atomic E-state index is 0. The summed E-state index contributed by atoms with van der Waals surface area (Å²) in [7, 11) is 0. The van der Waals surface area contributed by atoms with Crippen molar-refractivity contribution in [3.8, 4) is 0 Å². The highest BCUT2D eigenvalue weighted by atomic mass is 35.5. The van der Waals surface area contributed by atoms with Crippen molar-refractivity contribution in [2.75, 3.05) is 19.6 Å². The monoisotopic (exact) mass is 389 g/mol. The number of nitrogens with two attached hydrogens (primary N) is 1.